The smallest absolute Gasteiger partial charge is 0.140 e. The molecular formula is C11H16ClN3O. The molecule has 0 aromatic carbocycles. The molecule has 1 fully saturated rings. The average Bonchev–Trinajstić information content (AvgIpc) is 2.57. The van der Waals surface area contributed by atoms with Crippen molar-refractivity contribution in [3.8, 4) is 0 Å². The van der Waals surface area contributed by atoms with Gasteiger partial charge in [0.2, 0.25) is 0 Å². The van der Waals surface area contributed by atoms with E-state index in [0.717, 1.165) is 18.8 Å². The molecule has 1 aromatic heterocycles. The summed E-state index contributed by atoms with van der Waals surface area (Å²) in [5.41, 5.74) is 0.630. The van der Waals surface area contributed by atoms with E-state index in [1.54, 1.807) is 0 Å². The van der Waals surface area contributed by atoms with Crippen LogP contribution in [0.5, 0.6) is 0 Å². The Hall–Kier alpha value is -0.870. The van der Waals surface area contributed by atoms with Gasteiger partial charge in [-0.25, -0.2) is 9.97 Å². The quantitative estimate of drug-likeness (QED) is 0.803. The van der Waals surface area contributed by atoms with Crippen LogP contribution in [0, 0.1) is 5.92 Å². The molecule has 1 saturated heterocycles. The van der Waals surface area contributed by atoms with Crippen LogP contribution in [0.15, 0.2) is 6.33 Å². The van der Waals surface area contributed by atoms with Crippen molar-refractivity contribution < 1.29 is 5.11 Å². The normalized spacial score (nSPS) is 25.1. The second-order valence-electron chi connectivity index (χ2n) is 4.47. The van der Waals surface area contributed by atoms with Gasteiger partial charge in [0, 0.05) is 12.6 Å². The van der Waals surface area contributed by atoms with Crippen molar-refractivity contribution >= 4 is 17.4 Å². The monoisotopic (exact) mass is 241 g/mol. The summed E-state index contributed by atoms with van der Waals surface area (Å²) in [5.74, 6) is 1.43. The molecule has 2 unspecified atom stereocenters. The summed E-state index contributed by atoms with van der Waals surface area (Å²) in [6.07, 6.45) is 2.60. The molecule has 2 heterocycles. The molecule has 2 atom stereocenters. The van der Waals surface area contributed by atoms with E-state index in [9.17, 15) is 5.11 Å². The topological polar surface area (TPSA) is 49.2 Å². The maximum atomic E-state index is 9.32. The number of aromatic nitrogens is 2. The average molecular weight is 242 g/mol. The molecule has 1 aliphatic rings. The van der Waals surface area contributed by atoms with Crippen molar-refractivity contribution in [1.82, 2.24) is 9.97 Å². The Kier molecular flexibility index (Phi) is 3.30. The van der Waals surface area contributed by atoms with Gasteiger partial charge in [-0.15, -0.1) is 0 Å². The lowest BCUT2D eigenvalue weighted by Gasteiger charge is -2.24. The minimum absolute atomic E-state index is 0.118. The fourth-order valence-corrected chi connectivity index (χ4v) is 2.55. The Labute approximate surface area is 100 Å². The summed E-state index contributed by atoms with van der Waals surface area (Å²) < 4.78 is 0. The van der Waals surface area contributed by atoms with Crippen molar-refractivity contribution in [2.45, 2.75) is 32.9 Å². The summed E-state index contributed by atoms with van der Waals surface area (Å²) >= 11 is 5.95. The first-order valence-corrected chi connectivity index (χ1v) is 5.88. The molecule has 1 N–H and O–H groups in total. The van der Waals surface area contributed by atoms with E-state index in [-0.39, 0.29) is 6.61 Å². The minimum Gasteiger partial charge on any atom is -0.391 e. The van der Waals surface area contributed by atoms with Gasteiger partial charge in [-0.05, 0) is 19.3 Å². The van der Waals surface area contributed by atoms with Gasteiger partial charge < -0.3 is 10.0 Å². The van der Waals surface area contributed by atoms with E-state index in [1.165, 1.54) is 6.33 Å². The molecule has 4 nitrogen and oxygen atoms in total. The lowest BCUT2D eigenvalue weighted by molar-refractivity contribution is 0.281. The van der Waals surface area contributed by atoms with Gasteiger partial charge in [-0.2, -0.15) is 0 Å². The van der Waals surface area contributed by atoms with Crippen molar-refractivity contribution in [2.75, 3.05) is 11.4 Å². The highest BCUT2D eigenvalue weighted by molar-refractivity contribution is 6.30. The van der Waals surface area contributed by atoms with Crippen LogP contribution in [-0.4, -0.2) is 27.7 Å². The molecule has 5 heteroatoms. The summed E-state index contributed by atoms with van der Waals surface area (Å²) in [7, 11) is 0. The Morgan fingerprint density at radius 2 is 2.25 bits per heavy atom. The molecule has 0 aliphatic carbocycles. The van der Waals surface area contributed by atoms with Crippen LogP contribution in [0.2, 0.25) is 5.15 Å². The molecule has 0 saturated carbocycles. The van der Waals surface area contributed by atoms with E-state index in [0.29, 0.717) is 22.7 Å². The van der Waals surface area contributed by atoms with Crippen LogP contribution in [0.25, 0.3) is 0 Å². The second-order valence-corrected chi connectivity index (χ2v) is 4.83. The maximum Gasteiger partial charge on any atom is 0.140 e. The van der Waals surface area contributed by atoms with Crippen molar-refractivity contribution in [3.63, 3.8) is 0 Å². The Bertz CT molecular complexity index is 385. The number of anilines is 1. The van der Waals surface area contributed by atoms with E-state index >= 15 is 0 Å². The maximum absolute atomic E-state index is 9.32. The van der Waals surface area contributed by atoms with Gasteiger partial charge in [0.05, 0.1) is 12.2 Å². The molecule has 16 heavy (non-hydrogen) atoms. The minimum atomic E-state index is -0.118. The molecule has 1 aliphatic heterocycles. The fourth-order valence-electron chi connectivity index (χ4n) is 2.36. The fraction of sp³-hybridized carbons (Fsp3) is 0.636. The molecular weight excluding hydrogens is 226 g/mol. The Morgan fingerprint density at radius 1 is 1.50 bits per heavy atom. The number of aliphatic hydroxyl groups is 1. The van der Waals surface area contributed by atoms with Gasteiger partial charge in [0.15, 0.2) is 0 Å². The zero-order valence-electron chi connectivity index (χ0n) is 9.52. The van der Waals surface area contributed by atoms with Gasteiger partial charge in [0.25, 0.3) is 0 Å². The molecule has 88 valence electrons. The number of halogens is 1. The van der Waals surface area contributed by atoms with Crippen LogP contribution in [0.3, 0.4) is 0 Å². The molecule has 1 aromatic rings. The van der Waals surface area contributed by atoms with E-state index in [2.05, 4.69) is 28.7 Å². The van der Waals surface area contributed by atoms with Crippen LogP contribution < -0.4 is 4.90 Å². The first kappa shape index (κ1) is 11.6. The number of aliphatic hydroxyl groups excluding tert-OH is 1. The van der Waals surface area contributed by atoms with Crippen LogP contribution in [-0.2, 0) is 6.61 Å². The second kappa shape index (κ2) is 4.55. The highest BCUT2D eigenvalue weighted by Crippen LogP contribution is 2.31. The predicted molar refractivity (Wildman–Crippen MR) is 63.6 cm³/mol. The third-order valence-corrected chi connectivity index (χ3v) is 3.41. The molecule has 2 rings (SSSR count). The standard InChI is InChI=1S/C11H16ClN3O/c1-7-3-8(2)15(4-7)11-9(5-16)10(12)13-6-14-11/h6-8,16H,3-5H2,1-2H3. The number of hydrogen-bond donors (Lipinski definition) is 1. The first-order chi connectivity index (χ1) is 7.63. The van der Waals surface area contributed by atoms with Crippen LogP contribution in [0.1, 0.15) is 25.8 Å². The number of rotatable bonds is 2. The van der Waals surface area contributed by atoms with Gasteiger partial charge in [0.1, 0.15) is 17.3 Å². The largest absolute Gasteiger partial charge is 0.391 e. The summed E-state index contributed by atoms with van der Waals surface area (Å²) in [6, 6.07) is 0.436. The number of nitrogens with zero attached hydrogens (tertiary/aromatic N) is 3. The van der Waals surface area contributed by atoms with Crippen molar-refractivity contribution in [2.24, 2.45) is 5.92 Å². The third-order valence-electron chi connectivity index (χ3n) is 3.08. The zero-order valence-corrected chi connectivity index (χ0v) is 10.3. The highest BCUT2D eigenvalue weighted by Gasteiger charge is 2.29. The lowest BCUT2D eigenvalue weighted by Crippen LogP contribution is -2.29. The highest BCUT2D eigenvalue weighted by atomic mass is 35.5. The Balaban J connectivity index is 2.36. The Morgan fingerprint density at radius 3 is 2.81 bits per heavy atom. The van der Waals surface area contributed by atoms with Crippen LogP contribution in [0.4, 0.5) is 5.82 Å². The van der Waals surface area contributed by atoms with Gasteiger partial charge in [-0.3, -0.25) is 0 Å². The van der Waals surface area contributed by atoms with E-state index in [4.69, 9.17) is 11.6 Å². The van der Waals surface area contributed by atoms with Gasteiger partial charge >= 0.3 is 0 Å². The summed E-state index contributed by atoms with van der Waals surface area (Å²) in [6.45, 7) is 5.23. The van der Waals surface area contributed by atoms with E-state index < -0.39 is 0 Å². The molecule has 0 bridgehead atoms. The van der Waals surface area contributed by atoms with Gasteiger partial charge in [-0.1, -0.05) is 18.5 Å². The first-order valence-electron chi connectivity index (χ1n) is 5.50. The third kappa shape index (κ3) is 1.99. The molecule has 0 spiro atoms. The molecule has 0 amide bonds. The van der Waals surface area contributed by atoms with Crippen molar-refractivity contribution in [3.05, 3.63) is 17.0 Å². The van der Waals surface area contributed by atoms with Crippen molar-refractivity contribution in [1.29, 1.82) is 0 Å². The SMILES string of the molecule is CC1CC(C)N(c2ncnc(Cl)c2CO)C1. The number of hydrogen-bond acceptors (Lipinski definition) is 4. The molecule has 0 radical (unpaired) electrons. The zero-order chi connectivity index (χ0) is 11.7. The van der Waals surface area contributed by atoms with E-state index in [1.807, 2.05) is 0 Å². The van der Waals surface area contributed by atoms with Crippen LogP contribution >= 0.6 is 11.6 Å². The summed E-state index contributed by atoms with van der Waals surface area (Å²) in [4.78, 5) is 10.3. The lowest BCUT2D eigenvalue weighted by atomic mass is 10.1. The summed E-state index contributed by atoms with van der Waals surface area (Å²) in [5, 5.41) is 9.67. The predicted octanol–water partition coefficient (Wildman–Crippen LogP) is 1.86.